The third-order valence-electron chi connectivity index (χ3n) is 5.72. The Morgan fingerprint density at radius 2 is 1.30 bits per heavy atom. The van der Waals surface area contributed by atoms with Gasteiger partial charge in [0.2, 0.25) is 0 Å². The van der Waals surface area contributed by atoms with E-state index in [2.05, 4.69) is 5.32 Å². The van der Waals surface area contributed by atoms with E-state index in [4.69, 9.17) is 5.11 Å². The number of benzene rings is 3. The quantitative estimate of drug-likeness (QED) is 0.234. The molecule has 37 heavy (non-hydrogen) atoms. The van der Waals surface area contributed by atoms with E-state index >= 15 is 0 Å². The predicted molar refractivity (Wildman–Crippen MR) is 127 cm³/mol. The first-order valence-electron chi connectivity index (χ1n) is 11.4. The fraction of sp³-hybridized carbons (Fsp3) is 0.296. The molecule has 0 radical (unpaired) electrons. The zero-order chi connectivity index (χ0) is 27.2. The van der Waals surface area contributed by atoms with Gasteiger partial charge in [0.25, 0.3) is 0 Å². The molecule has 0 amide bonds. The lowest BCUT2D eigenvalue weighted by Gasteiger charge is -2.24. The second-order valence-electron chi connectivity index (χ2n) is 8.79. The number of carboxylic acids is 1. The van der Waals surface area contributed by atoms with Crippen LogP contribution in [0.3, 0.4) is 0 Å². The van der Waals surface area contributed by atoms with Gasteiger partial charge < -0.3 is 10.4 Å². The molecule has 0 saturated carbocycles. The number of carbonyl (C=O) groups is 1. The van der Waals surface area contributed by atoms with E-state index in [1.54, 1.807) is 17.0 Å². The Kier molecular flexibility index (Phi) is 8.98. The summed E-state index contributed by atoms with van der Waals surface area (Å²) in [6.07, 6.45) is -9.85. The normalized spacial score (nSPS) is 12.2. The molecule has 198 valence electrons. The van der Waals surface area contributed by atoms with Crippen LogP contribution in [0.2, 0.25) is 0 Å². The molecule has 0 aromatic heterocycles. The average Bonchev–Trinajstić information content (AvgIpc) is 2.82. The molecule has 0 saturated heterocycles. The molecule has 0 unspecified atom stereocenters. The highest BCUT2D eigenvalue weighted by atomic mass is 19.4. The highest BCUT2D eigenvalue weighted by Crippen LogP contribution is 2.36. The van der Waals surface area contributed by atoms with Crippen LogP contribution in [0.5, 0.6) is 0 Å². The monoisotopic (exact) mass is 524 g/mol. The minimum Gasteiger partial charge on any atom is -0.478 e. The van der Waals surface area contributed by atoms with Crippen LogP contribution in [-0.2, 0) is 32.0 Å². The highest BCUT2D eigenvalue weighted by Gasteiger charge is 2.37. The topological polar surface area (TPSA) is 52.6 Å². The van der Waals surface area contributed by atoms with E-state index in [0.717, 1.165) is 23.3 Å². The summed E-state index contributed by atoms with van der Waals surface area (Å²) >= 11 is 0. The van der Waals surface area contributed by atoms with E-state index in [-0.39, 0.29) is 30.3 Å². The molecule has 0 bridgehead atoms. The average molecular weight is 525 g/mol. The van der Waals surface area contributed by atoms with Crippen LogP contribution in [0.25, 0.3) is 0 Å². The number of nitrogens with one attached hydrogen (secondary N) is 1. The maximum atomic E-state index is 13.3. The highest BCUT2D eigenvalue weighted by molar-refractivity contribution is 5.87. The molecule has 0 aliphatic heterocycles. The van der Waals surface area contributed by atoms with Crippen molar-refractivity contribution >= 4 is 5.97 Å². The summed E-state index contributed by atoms with van der Waals surface area (Å²) < 4.78 is 79.9. The molecule has 0 atom stereocenters. The molecule has 0 aliphatic rings. The molecular weight excluding hydrogens is 498 g/mol. The summed E-state index contributed by atoms with van der Waals surface area (Å²) in [6.45, 7) is 3.29. The summed E-state index contributed by atoms with van der Waals surface area (Å²) in [7, 11) is 0. The maximum Gasteiger partial charge on any atom is 0.416 e. The number of hydrogen-bond acceptors (Lipinski definition) is 3. The zero-order valence-electron chi connectivity index (χ0n) is 20.0. The molecule has 10 heteroatoms. The van der Waals surface area contributed by atoms with Gasteiger partial charge >= 0.3 is 18.3 Å². The molecule has 3 aromatic carbocycles. The van der Waals surface area contributed by atoms with E-state index in [1.807, 2.05) is 31.2 Å². The van der Waals surface area contributed by atoms with Gasteiger partial charge in [0.15, 0.2) is 0 Å². The Balaban J connectivity index is 1.79. The van der Waals surface area contributed by atoms with E-state index in [9.17, 15) is 31.1 Å². The number of carboxylic acid groups (broad SMARTS) is 1. The van der Waals surface area contributed by atoms with Gasteiger partial charge in [-0.25, -0.2) is 4.79 Å². The van der Waals surface area contributed by atoms with Crippen molar-refractivity contribution in [2.24, 2.45) is 0 Å². The predicted octanol–water partition coefficient (Wildman–Crippen LogP) is 6.52. The summed E-state index contributed by atoms with van der Waals surface area (Å²) in [4.78, 5) is 12.8. The van der Waals surface area contributed by atoms with Crippen molar-refractivity contribution in [2.45, 2.75) is 38.9 Å². The number of rotatable bonds is 10. The standard InChI is InChI=1S/C27H26F6N2O2/c1-18-2-4-19(5-3-18)15-34-10-11-35(16-20-6-8-22(9-7-20)25(36)37)17-21-12-23(26(28,29)30)14-24(13-21)27(31,32)33/h2-9,12-14,34H,10-11,15-17H2,1H3,(H,36,37). The molecule has 0 fully saturated rings. The van der Waals surface area contributed by atoms with Gasteiger partial charge in [0, 0.05) is 32.7 Å². The number of nitrogens with zero attached hydrogens (tertiary/aromatic N) is 1. The van der Waals surface area contributed by atoms with Crippen LogP contribution in [0.4, 0.5) is 26.3 Å². The first-order valence-corrected chi connectivity index (χ1v) is 11.4. The second kappa shape index (κ2) is 11.8. The summed E-state index contributed by atoms with van der Waals surface area (Å²) in [5, 5.41) is 12.3. The van der Waals surface area contributed by atoms with Crippen molar-refractivity contribution in [3.8, 4) is 0 Å². The van der Waals surface area contributed by atoms with Gasteiger partial charge in [-0.05, 0) is 53.9 Å². The fourth-order valence-electron chi connectivity index (χ4n) is 3.77. The first-order chi connectivity index (χ1) is 17.3. The number of halogens is 6. The van der Waals surface area contributed by atoms with Crippen molar-refractivity contribution in [3.63, 3.8) is 0 Å². The molecule has 3 rings (SSSR count). The van der Waals surface area contributed by atoms with E-state index in [0.29, 0.717) is 25.2 Å². The van der Waals surface area contributed by atoms with Crippen molar-refractivity contribution in [2.75, 3.05) is 13.1 Å². The lowest BCUT2D eigenvalue weighted by molar-refractivity contribution is -0.143. The smallest absolute Gasteiger partial charge is 0.416 e. The van der Waals surface area contributed by atoms with Crippen LogP contribution < -0.4 is 5.32 Å². The minimum absolute atomic E-state index is 0.0720. The van der Waals surface area contributed by atoms with Crippen LogP contribution in [0, 0.1) is 6.92 Å². The molecule has 0 aliphatic carbocycles. The second-order valence-corrected chi connectivity index (χ2v) is 8.79. The Hall–Kier alpha value is -3.37. The Bertz CT molecular complexity index is 1160. The fourth-order valence-corrected chi connectivity index (χ4v) is 3.77. The van der Waals surface area contributed by atoms with E-state index in [1.165, 1.54) is 12.1 Å². The SMILES string of the molecule is Cc1ccc(CNCCN(Cc2ccc(C(=O)O)cc2)Cc2cc(C(F)(F)F)cc(C(F)(F)F)c2)cc1. The molecule has 2 N–H and O–H groups in total. The third kappa shape index (κ3) is 8.61. The van der Waals surface area contributed by atoms with Gasteiger partial charge in [-0.1, -0.05) is 42.0 Å². The van der Waals surface area contributed by atoms with Crippen LogP contribution >= 0.6 is 0 Å². The lowest BCUT2D eigenvalue weighted by atomic mass is 10.0. The van der Waals surface area contributed by atoms with Gasteiger partial charge in [0.1, 0.15) is 0 Å². The lowest BCUT2D eigenvalue weighted by Crippen LogP contribution is -2.31. The van der Waals surface area contributed by atoms with Gasteiger partial charge in [-0.3, -0.25) is 4.90 Å². The summed E-state index contributed by atoms with van der Waals surface area (Å²) in [6, 6.07) is 15.4. The largest absolute Gasteiger partial charge is 0.478 e. The zero-order valence-corrected chi connectivity index (χ0v) is 20.0. The van der Waals surface area contributed by atoms with Crippen molar-refractivity contribution in [3.05, 3.63) is 106 Å². The van der Waals surface area contributed by atoms with Crippen LogP contribution in [0.15, 0.2) is 66.7 Å². The van der Waals surface area contributed by atoms with Crippen molar-refractivity contribution < 1.29 is 36.2 Å². The number of aromatic carboxylic acids is 1. The van der Waals surface area contributed by atoms with Gasteiger partial charge in [0.05, 0.1) is 16.7 Å². The maximum absolute atomic E-state index is 13.3. The van der Waals surface area contributed by atoms with Crippen LogP contribution in [-0.4, -0.2) is 29.1 Å². The number of aryl methyl sites for hydroxylation is 1. The third-order valence-corrected chi connectivity index (χ3v) is 5.72. The Labute approximate surface area is 210 Å². The number of hydrogen-bond donors (Lipinski definition) is 2. The van der Waals surface area contributed by atoms with Crippen LogP contribution in [0.1, 0.15) is 43.7 Å². The Morgan fingerprint density at radius 1 is 0.784 bits per heavy atom. The molecular formula is C27H26F6N2O2. The molecule has 0 heterocycles. The molecule has 4 nitrogen and oxygen atoms in total. The van der Waals surface area contributed by atoms with Crippen molar-refractivity contribution in [1.82, 2.24) is 10.2 Å². The molecule has 0 spiro atoms. The summed E-state index contributed by atoms with van der Waals surface area (Å²) in [5.41, 5.74) is 0.0515. The number of alkyl halides is 6. The molecule has 3 aromatic rings. The first kappa shape index (κ1) is 28.2. The minimum atomic E-state index is -4.93. The summed E-state index contributed by atoms with van der Waals surface area (Å²) in [5.74, 6) is -1.10. The van der Waals surface area contributed by atoms with E-state index < -0.39 is 29.4 Å². The van der Waals surface area contributed by atoms with Crippen molar-refractivity contribution in [1.29, 1.82) is 0 Å². The van der Waals surface area contributed by atoms with Gasteiger partial charge in [-0.2, -0.15) is 26.3 Å². The van der Waals surface area contributed by atoms with Gasteiger partial charge in [-0.15, -0.1) is 0 Å². The Morgan fingerprint density at radius 3 is 1.81 bits per heavy atom.